The van der Waals surface area contributed by atoms with Gasteiger partial charge in [-0.25, -0.2) is 4.98 Å². The number of amides is 1. The van der Waals surface area contributed by atoms with Crippen molar-refractivity contribution >= 4 is 17.5 Å². The van der Waals surface area contributed by atoms with E-state index in [2.05, 4.69) is 10.3 Å². The average Bonchev–Trinajstić information content (AvgIpc) is 2.94. The number of carboxylic acid groups (broad SMARTS) is 1. The first-order chi connectivity index (χ1) is 13.0. The smallest absolute Gasteiger partial charge is 0.303 e. The van der Waals surface area contributed by atoms with E-state index >= 15 is 0 Å². The topological polar surface area (TPSA) is 83.7 Å². The average molecular weight is 373 g/mol. The first-order valence-electron chi connectivity index (χ1n) is 9.94. The van der Waals surface area contributed by atoms with Gasteiger partial charge in [-0.15, -0.1) is 0 Å². The first-order valence-corrected chi connectivity index (χ1v) is 9.94. The number of unbranched alkanes of at least 4 members (excludes halogenated alkanes) is 7. The molecule has 2 rings (SSSR count). The standard InChI is InChI=1S/C21H31N3O3/c1-16-12-14-24-18(15-16)23-17(2)20(24)21(27)22-13-10-8-6-4-3-5-7-9-11-19(25)26/h12,14-15H,3-11,13H2,1-2H3,(H,22,27)(H,25,26). The largest absolute Gasteiger partial charge is 0.481 e. The number of carbonyl (C=O) groups is 2. The number of pyridine rings is 1. The molecule has 0 bridgehead atoms. The molecule has 0 atom stereocenters. The van der Waals surface area contributed by atoms with Crippen molar-refractivity contribution in [3.8, 4) is 0 Å². The highest BCUT2D eigenvalue weighted by Gasteiger charge is 2.15. The number of aliphatic carboxylic acids is 1. The van der Waals surface area contributed by atoms with Crippen LogP contribution in [0.5, 0.6) is 0 Å². The summed E-state index contributed by atoms with van der Waals surface area (Å²) >= 11 is 0. The molecule has 2 aromatic rings. The molecule has 0 unspecified atom stereocenters. The SMILES string of the molecule is Cc1ccn2c(C(=O)NCCCCCCCCCCC(=O)O)c(C)nc2c1. The third-order valence-electron chi connectivity index (χ3n) is 4.77. The van der Waals surface area contributed by atoms with Crippen LogP contribution < -0.4 is 5.32 Å². The van der Waals surface area contributed by atoms with Crippen molar-refractivity contribution in [1.82, 2.24) is 14.7 Å². The van der Waals surface area contributed by atoms with Crippen molar-refractivity contribution in [3.63, 3.8) is 0 Å². The third-order valence-corrected chi connectivity index (χ3v) is 4.77. The highest BCUT2D eigenvalue weighted by molar-refractivity contribution is 5.94. The number of aromatic nitrogens is 2. The summed E-state index contributed by atoms with van der Waals surface area (Å²) in [7, 11) is 0. The molecular formula is C21H31N3O3. The van der Waals surface area contributed by atoms with Crippen LogP contribution in [0.3, 0.4) is 0 Å². The van der Waals surface area contributed by atoms with E-state index in [-0.39, 0.29) is 12.3 Å². The summed E-state index contributed by atoms with van der Waals surface area (Å²) in [4.78, 5) is 27.4. The van der Waals surface area contributed by atoms with Gasteiger partial charge in [-0.2, -0.15) is 0 Å². The number of aryl methyl sites for hydroxylation is 2. The van der Waals surface area contributed by atoms with E-state index in [1.54, 1.807) is 0 Å². The van der Waals surface area contributed by atoms with E-state index in [0.717, 1.165) is 61.9 Å². The van der Waals surface area contributed by atoms with Crippen LogP contribution in [0.4, 0.5) is 0 Å². The molecule has 6 nitrogen and oxygen atoms in total. The molecular weight excluding hydrogens is 342 g/mol. The molecule has 6 heteroatoms. The van der Waals surface area contributed by atoms with E-state index < -0.39 is 5.97 Å². The van der Waals surface area contributed by atoms with Gasteiger partial charge < -0.3 is 10.4 Å². The van der Waals surface area contributed by atoms with Crippen LogP contribution >= 0.6 is 0 Å². The molecule has 2 heterocycles. The van der Waals surface area contributed by atoms with Gasteiger partial charge in [0.25, 0.3) is 5.91 Å². The molecule has 0 saturated carbocycles. The van der Waals surface area contributed by atoms with E-state index in [4.69, 9.17) is 5.11 Å². The van der Waals surface area contributed by atoms with Crippen LogP contribution in [0.1, 0.15) is 79.5 Å². The van der Waals surface area contributed by atoms with Crippen LogP contribution in [0.25, 0.3) is 5.65 Å². The van der Waals surface area contributed by atoms with E-state index in [0.29, 0.717) is 12.2 Å². The summed E-state index contributed by atoms with van der Waals surface area (Å²) in [6, 6.07) is 3.96. The zero-order chi connectivity index (χ0) is 19.6. The number of nitrogens with one attached hydrogen (secondary N) is 1. The predicted octanol–water partition coefficient (Wildman–Crippen LogP) is 4.28. The number of fused-ring (bicyclic) bond motifs is 1. The molecule has 0 spiro atoms. The monoisotopic (exact) mass is 373 g/mol. The fourth-order valence-electron chi connectivity index (χ4n) is 3.29. The predicted molar refractivity (Wildman–Crippen MR) is 106 cm³/mol. The summed E-state index contributed by atoms with van der Waals surface area (Å²) in [5, 5.41) is 11.6. The number of carbonyl (C=O) groups excluding carboxylic acids is 1. The Kier molecular flexibility index (Phi) is 8.30. The summed E-state index contributed by atoms with van der Waals surface area (Å²) < 4.78 is 1.85. The van der Waals surface area contributed by atoms with Gasteiger partial charge in [0.2, 0.25) is 0 Å². The fourth-order valence-corrected chi connectivity index (χ4v) is 3.29. The lowest BCUT2D eigenvalue weighted by atomic mass is 10.1. The van der Waals surface area contributed by atoms with Gasteiger partial charge in [0.15, 0.2) is 0 Å². The van der Waals surface area contributed by atoms with Gasteiger partial charge in [0.1, 0.15) is 11.3 Å². The Hall–Kier alpha value is -2.37. The highest BCUT2D eigenvalue weighted by Crippen LogP contribution is 2.14. The highest BCUT2D eigenvalue weighted by atomic mass is 16.4. The number of rotatable bonds is 12. The van der Waals surface area contributed by atoms with Gasteiger partial charge in [0, 0.05) is 19.2 Å². The van der Waals surface area contributed by atoms with Crippen molar-refractivity contribution in [3.05, 3.63) is 35.3 Å². The molecule has 0 aliphatic heterocycles. The first kappa shape index (κ1) is 20.9. The normalized spacial score (nSPS) is 11.0. The number of nitrogens with zero attached hydrogens (tertiary/aromatic N) is 2. The molecule has 0 fully saturated rings. The van der Waals surface area contributed by atoms with Crippen LogP contribution in [0.2, 0.25) is 0 Å². The minimum atomic E-state index is -0.703. The summed E-state index contributed by atoms with van der Waals surface area (Å²) in [6.07, 6.45) is 10.6. The maximum Gasteiger partial charge on any atom is 0.303 e. The molecule has 0 aromatic carbocycles. The third kappa shape index (κ3) is 6.70. The van der Waals surface area contributed by atoms with Crippen molar-refractivity contribution in [2.75, 3.05) is 6.54 Å². The van der Waals surface area contributed by atoms with Gasteiger partial charge in [-0.3, -0.25) is 14.0 Å². The second-order valence-electron chi connectivity index (χ2n) is 7.21. The maximum absolute atomic E-state index is 12.5. The van der Waals surface area contributed by atoms with Crippen molar-refractivity contribution in [1.29, 1.82) is 0 Å². The number of hydrogen-bond acceptors (Lipinski definition) is 3. The lowest BCUT2D eigenvalue weighted by Gasteiger charge is -2.06. The van der Waals surface area contributed by atoms with Gasteiger partial charge >= 0.3 is 5.97 Å². The summed E-state index contributed by atoms with van der Waals surface area (Å²) in [6.45, 7) is 4.56. The van der Waals surface area contributed by atoms with E-state index in [1.807, 2.05) is 36.6 Å². The molecule has 0 radical (unpaired) electrons. The Morgan fingerprint density at radius 3 is 2.33 bits per heavy atom. The van der Waals surface area contributed by atoms with Gasteiger partial charge in [-0.05, 0) is 44.4 Å². The lowest BCUT2D eigenvalue weighted by molar-refractivity contribution is -0.137. The van der Waals surface area contributed by atoms with E-state index in [1.165, 1.54) is 6.42 Å². The fraction of sp³-hybridized carbons (Fsp3) is 0.571. The van der Waals surface area contributed by atoms with Crippen LogP contribution in [-0.4, -0.2) is 32.9 Å². The summed E-state index contributed by atoms with van der Waals surface area (Å²) in [5.74, 6) is -0.770. The van der Waals surface area contributed by atoms with Gasteiger partial charge in [-0.1, -0.05) is 38.5 Å². The Bertz CT molecular complexity index is 767. The Balaban J connectivity index is 1.60. The number of carboxylic acids is 1. The zero-order valence-electron chi connectivity index (χ0n) is 16.5. The Morgan fingerprint density at radius 2 is 1.67 bits per heavy atom. The molecule has 0 aliphatic rings. The summed E-state index contributed by atoms with van der Waals surface area (Å²) in [5.41, 5.74) is 3.30. The van der Waals surface area contributed by atoms with Crippen molar-refractivity contribution in [2.24, 2.45) is 0 Å². The van der Waals surface area contributed by atoms with Crippen LogP contribution in [-0.2, 0) is 4.79 Å². The molecule has 1 amide bonds. The zero-order valence-corrected chi connectivity index (χ0v) is 16.5. The number of hydrogen-bond donors (Lipinski definition) is 2. The van der Waals surface area contributed by atoms with Crippen molar-refractivity contribution < 1.29 is 14.7 Å². The van der Waals surface area contributed by atoms with E-state index in [9.17, 15) is 9.59 Å². The lowest BCUT2D eigenvalue weighted by Crippen LogP contribution is -2.26. The second-order valence-corrected chi connectivity index (χ2v) is 7.21. The number of imidazole rings is 1. The Labute approximate surface area is 161 Å². The van der Waals surface area contributed by atoms with Crippen molar-refractivity contribution in [2.45, 2.75) is 71.6 Å². The Morgan fingerprint density at radius 1 is 1.04 bits per heavy atom. The van der Waals surface area contributed by atoms with Crippen LogP contribution in [0, 0.1) is 13.8 Å². The van der Waals surface area contributed by atoms with Gasteiger partial charge in [0.05, 0.1) is 5.69 Å². The molecule has 0 aliphatic carbocycles. The molecule has 2 aromatic heterocycles. The maximum atomic E-state index is 12.5. The molecule has 27 heavy (non-hydrogen) atoms. The van der Waals surface area contributed by atoms with Crippen LogP contribution in [0.15, 0.2) is 18.3 Å². The molecule has 148 valence electrons. The molecule has 2 N–H and O–H groups in total. The minimum Gasteiger partial charge on any atom is -0.481 e. The minimum absolute atomic E-state index is 0.0673. The quantitative estimate of drug-likeness (QED) is 0.544. The molecule has 0 saturated heterocycles. The second kappa shape index (κ2) is 10.7.